The van der Waals surface area contributed by atoms with E-state index in [-0.39, 0.29) is 0 Å². The topological polar surface area (TPSA) is 0 Å². The number of rotatable bonds is 2. The number of halogens is 4. The standard InChI is InChI=1S/C6H4ClF3/c1-3(8)5(4(2)9)6(7)10/h1-2H2. The Morgan fingerprint density at radius 1 is 1.00 bits per heavy atom. The molecule has 56 valence electrons. The van der Waals surface area contributed by atoms with Crippen LogP contribution in [0.25, 0.3) is 0 Å². The maximum atomic E-state index is 12.0. The van der Waals surface area contributed by atoms with Crippen LogP contribution in [-0.4, -0.2) is 0 Å². The molecule has 0 spiro atoms. The highest BCUT2D eigenvalue weighted by Gasteiger charge is 2.11. The van der Waals surface area contributed by atoms with E-state index in [4.69, 9.17) is 0 Å². The van der Waals surface area contributed by atoms with Gasteiger partial charge in [-0.15, -0.1) is 0 Å². The third-order valence-corrected chi connectivity index (χ3v) is 0.921. The second-order valence-electron chi connectivity index (χ2n) is 1.45. The Hall–Kier alpha value is -0.700. The van der Waals surface area contributed by atoms with Crippen molar-refractivity contribution in [1.82, 2.24) is 0 Å². The van der Waals surface area contributed by atoms with Crippen molar-refractivity contribution in [2.24, 2.45) is 0 Å². The fourth-order valence-electron chi connectivity index (χ4n) is 0.352. The van der Waals surface area contributed by atoms with Gasteiger partial charge < -0.3 is 0 Å². The van der Waals surface area contributed by atoms with E-state index in [0.717, 1.165) is 0 Å². The molecule has 0 aromatic rings. The van der Waals surface area contributed by atoms with Gasteiger partial charge in [0.2, 0.25) is 5.29 Å². The highest BCUT2D eigenvalue weighted by atomic mass is 35.5. The van der Waals surface area contributed by atoms with Gasteiger partial charge in [0.15, 0.2) is 0 Å². The smallest absolute Gasteiger partial charge is 0.202 e. The second-order valence-corrected chi connectivity index (χ2v) is 1.78. The Morgan fingerprint density at radius 3 is 1.30 bits per heavy atom. The molecule has 4 heteroatoms. The molecule has 0 aromatic heterocycles. The molecule has 0 rings (SSSR count). The van der Waals surface area contributed by atoms with Crippen LogP contribution in [0, 0.1) is 0 Å². The van der Waals surface area contributed by atoms with Gasteiger partial charge in [-0.25, -0.2) is 8.78 Å². The fourth-order valence-corrected chi connectivity index (χ4v) is 0.557. The maximum Gasteiger partial charge on any atom is 0.202 e. The van der Waals surface area contributed by atoms with Gasteiger partial charge in [0, 0.05) is 0 Å². The molecule has 0 N–H and O–H groups in total. The van der Waals surface area contributed by atoms with Crippen molar-refractivity contribution in [3.63, 3.8) is 0 Å². The first-order chi connectivity index (χ1) is 4.46. The van der Waals surface area contributed by atoms with Gasteiger partial charge in [-0.3, -0.25) is 0 Å². The van der Waals surface area contributed by atoms with Gasteiger partial charge in [-0.05, 0) is 0 Å². The first kappa shape index (κ1) is 9.30. The zero-order chi connectivity index (χ0) is 8.31. The molecule has 0 unspecified atom stereocenters. The summed E-state index contributed by atoms with van der Waals surface area (Å²) in [4.78, 5) is 0. The highest BCUT2D eigenvalue weighted by molar-refractivity contribution is 6.29. The van der Waals surface area contributed by atoms with Crippen molar-refractivity contribution in [3.05, 3.63) is 35.7 Å². The van der Waals surface area contributed by atoms with E-state index in [9.17, 15) is 13.2 Å². The predicted octanol–water partition coefficient (Wildman–Crippen LogP) is 3.37. The lowest BCUT2D eigenvalue weighted by Crippen LogP contribution is -1.83. The lowest BCUT2D eigenvalue weighted by Gasteiger charge is -1.96. The average Bonchev–Trinajstić information content (AvgIpc) is 1.59. The zero-order valence-corrected chi connectivity index (χ0v) is 5.68. The first-order valence-electron chi connectivity index (χ1n) is 2.21. The van der Waals surface area contributed by atoms with E-state index in [2.05, 4.69) is 24.8 Å². The van der Waals surface area contributed by atoms with E-state index in [1.165, 1.54) is 0 Å². The largest absolute Gasteiger partial charge is 0.207 e. The SMILES string of the molecule is C=C(F)C(C(=C)F)=C(F)Cl. The summed E-state index contributed by atoms with van der Waals surface area (Å²) in [5.74, 6) is -2.56. The summed E-state index contributed by atoms with van der Waals surface area (Å²) in [5.41, 5.74) is -1.01. The van der Waals surface area contributed by atoms with Gasteiger partial charge in [0.25, 0.3) is 0 Å². The molecule has 0 radical (unpaired) electrons. The van der Waals surface area contributed by atoms with Crippen molar-refractivity contribution in [2.75, 3.05) is 0 Å². The summed E-state index contributed by atoms with van der Waals surface area (Å²) < 4.78 is 35.9. The normalized spacial score (nSPS) is 8.80. The molecule has 0 nitrogen and oxygen atoms in total. The van der Waals surface area contributed by atoms with E-state index in [1.54, 1.807) is 0 Å². The Kier molecular flexibility index (Phi) is 3.22. The minimum Gasteiger partial charge on any atom is -0.207 e. The Balaban J connectivity index is 4.79. The number of hydrogen-bond acceptors (Lipinski definition) is 0. The van der Waals surface area contributed by atoms with E-state index in [0.29, 0.717) is 0 Å². The van der Waals surface area contributed by atoms with E-state index in [1.807, 2.05) is 0 Å². The first-order valence-corrected chi connectivity index (χ1v) is 2.59. The summed E-state index contributed by atoms with van der Waals surface area (Å²) in [6.07, 6.45) is 0. The van der Waals surface area contributed by atoms with E-state index >= 15 is 0 Å². The van der Waals surface area contributed by atoms with Crippen molar-refractivity contribution < 1.29 is 13.2 Å². The number of hydrogen-bond donors (Lipinski definition) is 0. The monoisotopic (exact) mass is 168 g/mol. The second kappa shape index (κ2) is 3.46. The molecule has 0 heterocycles. The van der Waals surface area contributed by atoms with Crippen LogP contribution in [0.2, 0.25) is 0 Å². The van der Waals surface area contributed by atoms with Crippen LogP contribution < -0.4 is 0 Å². The maximum absolute atomic E-state index is 12.0. The average molecular weight is 169 g/mol. The van der Waals surface area contributed by atoms with Crippen LogP contribution in [0.15, 0.2) is 35.7 Å². The lowest BCUT2D eigenvalue weighted by atomic mass is 10.2. The number of allylic oxidation sites excluding steroid dienone is 3. The minimum atomic E-state index is -1.49. The highest BCUT2D eigenvalue weighted by Crippen LogP contribution is 2.25. The Morgan fingerprint density at radius 2 is 1.30 bits per heavy atom. The molecular weight excluding hydrogens is 165 g/mol. The van der Waals surface area contributed by atoms with Gasteiger partial charge >= 0.3 is 0 Å². The summed E-state index contributed by atoms with van der Waals surface area (Å²) in [6, 6.07) is 0. The summed E-state index contributed by atoms with van der Waals surface area (Å²) in [5, 5.41) is -1.49. The summed E-state index contributed by atoms with van der Waals surface area (Å²) >= 11 is 4.65. The van der Waals surface area contributed by atoms with E-state index < -0.39 is 22.5 Å². The van der Waals surface area contributed by atoms with Gasteiger partial charge in [-0.1, -0.05) is 24.8 Å². The zero-order valence-electron chi connectivity index (χ0n) is 4.93. The van der Waals surface area contributed by atoms with Crippen LogP contribution in [0.5, 0.6) is 0 Å². The molecule has 0 aliphatic carbocycles. The third-order valence-electron chi connectivity index (χ3n) is 0.732. The Bertz CT molecular complexity index is 185. The van der Waals surface area contributed by atoms with Crippen molar-refractivity contribution in [1.29, 1.82) is 0 Å². The molecule has 0 saturated heterocycles. The van der Waals surface area contributed by atoms with Crippen molar-refractivity contribution >= 4 is 11.6 Å². The molecule has 0 atom stereocenters. The third kappa shape index (κ3) is 2.27. The molecular formula is C6H4ClF3. The summed E-state index contributed by atoms with van der Waals surface area (Å²) in [7, 11) is 0. The molecule has 0 aromatic carbocycles. The van der Waals surface area contributed by atoms with Crippen LogP contribution >= 0.6 is 11.6 Å². The molecule has 10 heavy (non-hydrogen) atoms. The van der Waals surface area contributed by atoms with Gasteiger partial charge in [0.1, 0.15) is 11.7 Å². The fraction of sp³-hybridized carbons (Fsp3) is 0. The van der Waals surface area contributed by atoms with Gasteiger partial charge in [-0.2, -0.15) is 4.39 Å². The van der Waals surface area contributed by atoms with Crippen molar-refractivity contribution in [3.8, 4) is 0 Å². The predicted molar refractivity (Wildman–Crippen MR) is 34.5 cm³/mol. The van der Waals surface area contributed by atoms with Crippen molar-refractivity contribution in [2.45, 2.75) is 0 Å². The minimum absolute atomic E-state index is 1.01. The Labute approximate surface area is 61.3 Å². The van der Waals surface area contributed by atoms with Gasteiger partial charge in [0.05, 0.1) is 5.57 Å². The molecule has 0 aliphatic rings. The molecule has 0 saturated carbocycles. The summed E-state index contributed by atoms with van der Waals surface area (Å²) in [6.45, 7) is 5.30. The molecule has 0 bridgehead atoms. The van der Waals surface area contributed by atoms with Crippen LogP contribution in [0.3, 0.4) is 0 Å². The quantitative estimate of drug-likeness (QED) is 0.555. The lowest BCUT2D eigenvalue weighted by molar-refractivity contribution is 0.584. The van der Waals surface area contributed by atoms with Crippen LogP contribution in [0.1, 0.15) is 0 Å². The molecule has 0 amide bonds. The molecule has 0 fully saturated rings. The van der Waals surface area contributed by atoms with Crippen LogP contribution in [-0.2, 0) is 0 Å². The van der Waals surface area contributed by atoms with Crippen LogP contribution in [0.4, 0.5) is 13.2 Å². The molecule has 0 aliphatic heterocycles.